The van der Waals surface area contributed by atoms with Crippen LogP contribution in [0.4, 0.5) is 0 Å². The molecule has 0 radical (unpaired) electrons. The third kappa shape index (κ3) is 3.79. The molecule has 0 aromatic heterocycles. The Hall–Kier alpha value is -1.46. The molecule has 2 aliphatic rings. The average Bonchev–Trinajstić information content (AvgIpc) is 3.18. The smallest absolute Gasteiger partial charge is 0.258 e. The standard InChI is InChI=1S/C26H36O3Si/c1-24(2)20-26(28-17-18-29-26)16-15-21(24)19-25(3,4)30(27,22-11-7-5-8-12-22)23-13-9-6-10-14-23/h5-14,21,27H,15-20H2,1-4H3/t21-/m0/s1. The van der Waals surface area contributed by atoms with Crippen LogP contribution in [0.25, 0.3) is 0 Å². The molecule has 4 rings (SSSR count). The molecule has 2 fully saturated rings. The molecule has 1 spiro atoms. The van der Waals surface area contributed by atoms with Gasteiger partial charge < -0.3 is 14.3 Å². The van der Waals surface area contributed by atoms with Gasteiger partial charge >= 0.3 is 0 Å². The molecular formula is C26H36O3Si. The van der Waals surface area contributed by atoms with Gasteiger partial charge in [-0.1, -0.05) is 88.4 Å². The summed E-state index contributed by atoms with van der Waals surface area (Å²) < 4.78 is 12.1. The number of rotatable bonds is 5. The SMILES string of the molecule is CC1(C)CC2(CC[C@H]1CC(C)(C)[Si](O)(c1ccccc1)c1ccccc1)OCCO2. The minimum atomic E-state index is -2.98. The highest BCUT2D eigenvalue weighted by Crippen LogP contribution is 2.54. The Kier molecular flexibility index (Phi) is 5.73. The van der Waals surface area contributed by atoms with Crippen molar-refractivity contribution in [3.63, 3.8) is 0 Å². The molecule has 2 aromatic rings. The van der Waals surface area contributed by atoms with E-state index in [1.165, 1.54) is 0 Å². The Morgan fingerprint density at radius 3 is 1.90 bits per heavy atom. The lowest BCUT2D eigenvalue weighted by Gasteiger charge is -2.51. The van der Waals surface area contributed by atoms with E-state index in [2.05, 4.69) is 76.2 Å². The van der Waals surface area contributed by atoms with E-state index < -0.39 is 8.32 Å². The third-order valence-electron chi connectivity index (χ3n) is 7.64. The van der Waals surface area contributed by atoms with Gasteiger partial charge in [-0.25, -0.2) is 0 Å². The van der Waals surface area contributed by atoms with E-state index in [0.717, 1.165) is 36.1 Å². The van der Waals surface area contributed by atoms with Crippen LogP contribution in [0.5, 0.6) is 0 Å². The van der Waals surface area contributed by atoms with Crippen LogP contribution in [0, 0.1) is 11.3 Å². The van der Waals surface area contributed by atoms with Crippen molar-refractivity contribution in [1.29, 1.82) is 0 Å². The molecule has 2 aromatic carbocycles. The molecule has 1 atom stereocenters. The number of ether oxygens (including phenoxy) is 2. The lowest BCUT2D eigenvalue weighted by atomic mass is 9.64. The summed E-state index contributed by atoms with van der Waals surface area (Å²) in [5.41, 5.74) is 0.0997. The Bertz CT molecular complexity index is 802. The number of hydrogen-bond acceptors (Lipinski definition) is 3. The normalized spacial score (nSPS) is 23.6. The second-order valence-corrected chi connectivity index (χ2v) is 14.5. The monoisotopic (exact) mass is 424 g/mol. The van der Waals surface area contributed by atoms with E-state index in [9.17, 15) is 4.80 Å². The topological polar surface area (TPSA) is 38.7 Å². The molecule has 1 N–H and O–H groups in total. The van der Waals surface area contributed by atoms with E-state index in [4.69, 9.17) is 9.47 Å². The first-order valence-corrected chi connectivity index (χ1v) is 13.2. The summed E-state index contributed by atoms with van der Waals surface area (Å²) in [7, 11) is -2.98. The molecule has 1 saturated heterocycles. The largest absolute Gasteiger partial charge is 0.424 e. The van der Waals surface area contributed by atoms with Crippen LogP contribution >= 0.6 is 0 Å². The molecular weight excluding hydrogens is 388 g/mol. The maximum atomic E-state index is 12.5. The molecule has 1 aliphatic carbocycles. The minimum Gasteiger partial charge on any atom is -0.424 e. The van der Waals surface area contributed by atoms with Crippen molar-refractivity contribution in [2.24, 2.45) is 11.3 Å². The molecule has 1 aliphatic heterocycles. The van der Waals surface area contributed by atoms with Gasteiger partial charge in [0.05, 0.1) is 13.2 Å². The molecule has 3 nitrogen and oxygen atoms in total. The Morgan fingerprint density at radius 2 is 1.43 bits per heavy atom. The Morgan fingerprint density at radius 1 is 0.933 bits per heavy atom. The van der Waals surface area contributed by atoms with E-state index in [0.29, 0.717) is 19.1 Å². The quantitative estimate of drug-likeness (QED) is 0.720. The maximum Gasteiger partial charge on any atom is 0.258 e. The third-order valence-corrected chi connectivity index (χ3v) is 12.1. The highest BCUT2D eigenvalue weighted by atomic mass is 28.4. The minimum absolute atomic E-state index is 0.0997. The number of benzene rings is 2. The van der Waals surface area contributed by atoms with Crippen molar-refractivity contribution >= 4 is 18.7 Å². The summed E-state index contributed by atoms with van der Waals surface area (Å²) in [5, 5.41) is 1.96. The summed E-state index contributed by atoms with van der Waals surface area (Å²) in [5.74, 6) is 0.133. The van der Waals surface area contributed by atoms with Crippen molar-refractivity contribution < 1.29 is 14.3 Å². The van der Waals surface area contributed by atoms with Crippen molar-refractivity contribution in [3.8, 4) is 0 Å². The molecule has 30 heavy (non-hydrogen) atoms. The second-order valence-electron chi connectivity index (χ2n) is 10.5. The molecule has 1 heterocycles. The van der Waals surface area contributed by atoms with Gasteiger partial charge in [0.15, 0.2) is 5.79 Å². The van der Waals surface area contributed by atoms with E-state index in [1.807, 2.05) is 12.1 Å². The zero-order valence-electron chi connectivity index (χ0n) is 18.9. The predicted molar refractivity (Wildman–Crippen MR) is 125 cm³/mol. The second kappa shape index (κ2) is 7.90. The zero-order chi connectivity index (χ0) is 21.5. The Labute approximate surface area is 182 Å². The molecule has 4 heteroatoms. The highest BCUT2D eigenvalue weighted by Gasteiger charge is 2.55. The van der Waals surface area contributed by atoms with Gasteiger partial charge in [-0.05, 0) is 39.6 Å². The lowest BCUT2D eigenvalue weighted by Crippen LogP contribution is -2.66. The fourth-order valence-corrected chi connectivity index (χ4v) is 9.69. The van der Waals surface area contributed by atoms with E-state index in [-0.39, 0.29) is 16.2 Å². The number of hydrogen-bond donors (Lipinski definition) is 1. The summed E-state index contributed by atoms with van der Waals surface area (Å²) in [6, 6.07) is 20.7. The maximum absolute atomic E-state index is 12.5. The molecule has 0 amide bonds. The van der Waals surface area contributed by atoms with Crippen LogP contribution in [0.15, 0.2) is 60.7 Å². The fraction of sp³-hybridized carbons (Fsp3) is 0.538. The van der Waals surface area contributed by atoms with Crippen LogP contribution in [-0.2, 0) is 9.47 Å². The first-order valence-electron chi connectivity index (χ1n) is 11.3. The van der Waals surface area contributed by atoms with Crippen LogP contribution in [0.2, 0.25) is 5.04 Å². The van der Waals surface area contributed by atoms with Crippen LogP contribution < -0.4 is 10.4 Å². The van der Waals surface area contributed by atoms with Gasteiger partial charge in [-0.15, -0.1) is 0 Å². The van der Waals surface area contributed by atoms with Crippen molar-refractivity contribution in [2.75, 3.05) is 13.2 Å². The van der Waals surface area contributed by atoms with Gasteiger partial charge in [-0.3, -0.25) is 0 Å². The van der Waals surface area contributed by atoms with Crippen molar-refractivity contribution in [3.05, 3.63) is 60.7 Å². The van der Waals surface area contributed by atoms with Gasteiger partial charge in [0.1, 0.15) is 0 Å². The predicted octanol–water partition coefficient (Wildman–Crippen LogP) is 4.48. The lowest BCUT2D eigenvalue weighted by molar-refractivity contribution is -0.209. The Balaban J connectivity index is 1.66. The van der Waals surface area contributed by atoms with Crippen LogP contribution in [0.3, 0.4) is 0 Å². The van der Waals surface area contributed by atoms with Crippen LogP contribution in [0.1, 0.15) is 53.4 Å². The zero-order valence-corrected chi connectivity index (χ0v) is 19.9. The summed E-state index contributed by atoms with van der Waals surface area (Å²) >= 11 is 0. The first kappa shape index (κ1) is 21.8. The van der Waals surface area contributed by atoms with Gasteiger partial charge in [0, 0.05) is 12.8 Å². The summed E-state index contributed by atoms with van der Waals surface area (Å²) in [4.78, 5) is 12.5. The van der Waals surface area contributed by atoms with Gasteiger partial charge in [-0.2, -0.15) is 0 Å². The van der Waals surface area contributed by atoms with Gasteiger partial charge in [0.25, 0.3) is 8.32 Å². The van der Waals surface area contributed by atoms with E-state index >= 15 is 0 Å². The molecule has 0 bridgehead atoms. The highest BCUT2D eigenvalue weighted by molar-refractivity contribution is 6.98. The van der Waals surface area contributed by atoms with Crippen molar-refractivity contribution in [1.82, 2.24) is 0 Å². The van der Waals surface area contributed by atoms with Crippen molar-refractivity contribution in [2.45, 2.75) is 64.2 Å². The molecule has 1 saturated carbocycles. The average molecular weight is 425 g/mol. The van der Waals surface area contributed by atoms with Gasteiger partial charge in [0.2, 0.25) is 0 Å². The molecule has 0 unspecified atom stereocenters. The summed E-state index contributed by atoms with van der Waals surface area (Å²) in [6.45, 7) is 10.7. The first-order chi connectivity index (χ1) is 14.2. The van der Waals surface area contributed by atoms with E-state index in [1.54, 1.807) is 0 Å². The fourth-order valence-electron chi connectivity index (χ4n) is 5.90. The summed E-state index contributed by atoms with van der Waals surface area (Å²) in [6.07, 6.45) is 3.94. The molecule has 162 valence electrons. The van der Waals surface area contributed by atoms with Crippen LogP contribution in [-0.4, -0.2) is 32.1 Å².